The van der Waals surface area contributed by atoms with Gasteiger partial charge in [0, 0.05) is 12.6 Å². The second-order valence-corrected chi connectivity index (χ2v) is 4.04. The fourth-order valence-electron chi connectivity index (χ4n) is 1.51. The minimum absolute atomic E-state index is 0.104. The summed E-state index contributed by atoms with van der Waals surface area (Å²) < 4.78 is 4.56. The van der Waals surface area contributed by atoms with Gasteiger partial charge in [0.2, 0.25) is 0 Å². The van der Waals surface area contributed by atoms with Crippen LogP contribution in [0, 0.1) is 0 Å². The lowest BCUT2D eigenvalue weighted by Crippen LogP contribution is -2.34. The number of esters is 1. The third kappa shape index (κ3) is 5.25. The first kappa shape index (κ1) is 14.8. The molecule has 19 heavy (non-hydrogen) atoms. The van der Waals surface area contributed by atoms with Crippen molar-refractivity contribution in [1.29, 1.82) is 0 Å². The number of allylic oxidation sites excluding steroid dienone is 1. The Balaban J connectivity index is 2.83. The number of amides is 1. The smallest absolute Gasteiger partial charge is 0.325 e. The molecule has 1 aromatic rings. The largest absolute Gasteiger partial charge is 0.512 e. The lowest BCUT2D eigenvalue weighted by Gasteiger charge is -2.20. The van der Waals surface area contributed by atoms with Crippen LogP contribution in [0.5, 0.6) is 0 Å². The van der Waals surface area contributed by atoms with Crippen molar-refractivity contribution in [3.8, 4) is 0 Å². The van der Waals surface area contributed by atoms with E-state index in [2.05, 4.69) is 4.74 Å². The zero-order valence-electron chi connectivity index (χ0n) is 11.0. The monoisotopic (exact) mass is 263 g/mol. The maximum Gasteiger partial charge on any atom is 0.325 e. The van der Waals surface area contributed by atoms with Gasteiger partial charge in [-0.1, -0.05) is 30.3 Å². The molecule has 0 radical (unpaired) electrons. The van der Waals surface area contributed by atoms with E-state index in [0.717, 1.165) is 11.6 Å². The summed E-state index contributed by atoms with van der Waals surface area (Å²) in [5.74, 6) is -1.05. The topological polar surface area (TPSA) is 66.8 Å². The fraction of sp³-hybridized carbons (Fsp3) is 0.286. The van der Waals surface area contributed by atoms with E-state index in [1.807, 2.05) is 30.3 Å². The normalized spacial score (nSPS) is 10.9. The van der Waals surface area contributed by atoms with Gasteiger partial charge in [-0.2, -0.15) is 0 Å². The maximum atomic E-state index is 11.9. The molecule has 1 N–H and O–H groups in total. The van der Waals surface area contributed by atoms with Crippen LogP contribution in [0.1, 0.15) is 12.5 Å². The Bertz CT molecular complexity index is 464. The minimum atomic E-state index is -0.506. The molecule has 1 rings (SSSR count). The van der Waals surface area contributed by atoms with Crippen LogP contribution in [0.2, 0.25) is 0 Å². The van der Waals surface area contributed by atoms with E-state index in [-0.39, 0.29) is 18.8 Å². The van der Waals surface area contributed by atoms with Crippen molar-refractivity contribution in [2.24, 2.45) is 0 Å². The van der Waals surface area contributed by atoms with Crippen LogP contribution in [0.3, 0.4) is 0 Å². The van der Waals surface area contributed by atoms with Crippen molar-refractivity contribution >= 4 is 11.9 Å². The molecule has 0 unspecified atom stereocenters. The van der Waals surface area contributed by atoms with Gasteiger partial charge in [-0.3, -0.25) is 9.59 Å². The molecule has 5 heteroatoms. The van der Waals surface area contributed by atoms with Crippen LogP contribution in [0.15, 0.2) is 42.2 Å². The van der Waals surface area contributed by atoms with Crippen molar-refractivity contribution in [1.82, 2.24) is 4.90 Å². The summed E-state index contributed by atoms with van der Waals surface area (Å²) in [7, 11) is 1.26. The van der Waals surface area contributed by atoms with Crippen LogP contribution in [-0.4, -0.2) is 35.5 Å². The average molecular weight is 263 g/mol. The number of carbonyl (C=O) groups is 2. The fourth-order valence-corrected chi connectivity index (χ4v) is 1.51. The molecule has 1 amide bonds. The van der Waals surface area contributed by atoms with Crippen LogP contribution in [0.4, 0.5) is 0 Å². The standard InChI is InChI=1S/C14H17NO4/c1-11(16)8-13(17)15(10-14(18)19-2)9-12-6-4-3-5-7-12/h3-8,16H,9-10H2,1-2H3/b11-8-. The molecule has 0 bridgehead atoms. The number of aliphatic hydroxyl groups excluding tert-OH is 1. The summed E-state index contributed by atoms with van der Waals surface area (Å²) in [6, 6.07) is 9.28. The van der Waals surface area contributed by atoms with Gasteiger partial charge in [0.15, 0.2) is 0 Å². The van der Waals surface area contributed by atoms with Crippen LogP contribution < -0.4 is 0 Å². The first-order valence-electron chi connectivity index (χ1n) is 5.80. The first-order chi connectivity index (χ1) is 9.02. The van der Waals surface area contributed by atoms with Crippen LogP contribution in [-0.2, 0) is 20.9 Å². The van der Waals surface area contributed by atoms with E-state index in [4.69, 9.17) is 5.11 Å². The molecule has 1 aromatic carbocycles. The zero-order valence-corrected chi connectivity index (χ0v) is 11.0. The van der Waals surface area contributed by atoms with Gasteiger partial charge in [0.1, 0.15) is 6.54 Å². The first-order valence-corrected chi connectivity index (χ1v) is 5.80. The number of hydrogen-bond donors (Lipinski definition) is 1. The predicted molar refractivity (Wildman–Crippen MR) is 70.3 cm³/mol. The molecule has 0 heterocycles. The molecule has 5 nitrogen and oxygen atoms in total. The lowest BCUT2D eigenvalue weighted by atomic mass is 10.2. The number of carbonyl (C=O) groups excluding carboxylic acids is 2. The van der Waals surface area contributed by atoms with Gasteiger partial charge in [0.25, 0.3) is 5.91 Å². The van der Waals surface area contributed by atoms with E-state index >= 15 is 0 Å². The van der Waals surface area contributed by atoms with Crippen molar-refractivity contribution in [2.75, 3.05) is 13.7 Å². The van der Waals surface area contributed by atoms with E-state index < -0.39 is 11.9 Å². The third-order valence-corrected chi connectivity index (χ3v) is 2.41. The highest BCUT2D eigenvalue weighted by molar-refractivity contribution is 5.90. The van der Waals surface area contributed by atoms with Gasteiger partial charge in [-0.25, -0.2) is 0 Å². The number of methoxy groups -OCH3 is 1. The van der Waals surface area contributed by atoms with Gasteiger partial charge in [0.05, 0.1) is 12.9 Å². The van der Waals surface area contributed by atoms with Crippen molar-refractivity contribution < 1.29 is 19.4 Å². The number of aliphatic hydroxyl groups is 1. The van der Waals surface area contributed by atoms with E-state index in [1.54, 1.807) is 0 Å². The van der Waals surface area contributed by atoms with E-state index in [1.165, 1.54) is 18.9 Å². The summed E-state index contributed by atoms with van der Waals surface area (Å²) in [6.45, 7) is 1.52. The molecule has 0 aliphatic rings. The van der Waals surface area contributed by atoms with Gasteiger partial charge in [-0.15, -0.1) is 0 Å². The predicted octanol–water partition coefficient (Wildman–Crippen LogP) is 1.65. The van der Waals surface area contributed by atoms with Gasteiger partial charge >= 0.3 is 5.97 Å². The van der Waals surface area contributed by atoms with Crippen LogP contribution in [0.25, 0.3) is 0 Å². The molecule has 0 aromatic heterocycles. The third-order valence-electron chi connectivity index (χ3n) is 2.41. The Morgan fingerprint density at radius 1 is 1.32 bits per heavy atom. The molecular formula is C14H17NO4. The number of rotatable bonds is 5. The lowest BCUT2D eigenvalue weighted by molar-refractivity contribution is -0.146. The molecule has 0 aliphatic carbocycles. The summed E-state index contributed by atoms with van der Waals surface area (Å²) in [5, 5.41) is 9.13. The molecule has 0 atom stereocenters. The Hall–Kier alpha value is -2.30. The summed E-state index contributed by atoms with van der Waals surface area (Å²) in [5.41, 5.74) is 0.892. The quantitative estimate of drug-likeness (QED) is 0.498. The second-order valence-electron chi connectivity index (χ2n) is 4.04. The minimum Gasteiger partial charge on any atom is -0.512 e. The van der Waals surface area contributed by atoms with Gasteiger partial charge < -0.3 is 14.7 Å². The molecule has 0 saturated carbocycles. The Kier molecular flexibility index (Phi) is 5.60. The molecule has 0 spiro atoms. The van der Waals surface area contributed by atoms with Crippen molar-refractivity contribution in [3.05, 3.63) is 47.7 Å². The summed E-state index contributed by atoms with van der Waals surface area (Å²) >= 11 is 0. The number of ether oxygens (including phenoxy) is 1. The average Bonchev–Trinajstić information content (AvgIpc) is 2.38. The zero-order chi connectivity index (χ0) is 14.3. The second kappa shape index (κ2) is 7.20. The SMILES string of the molecule is COC(=O)CN(Cc1ccccc1)C(=O)/C=C(/C)O. The molecule has 102 valence electrons. The van der Waals surface area contributed by atoms with E-state index in [9.17, 15) is 9.59 Å². The Morgan fingerprint density at radius 2 is 1.95 bits per heavy atom. The number of benzene rings is 1. The Labute approximate surface area is 112 Å². The Morgan fingerprint density at radius 3 is 2.47 bits per heavy atom. The molecule has 0 aliphatic heterocycles. The molecular weight excluding hydrogens is 246 g/mol. The number of hydrogen-bond acceptors (Lipinski definition) is 4. The maximum absolute atomic E-state index is 11.9. The van der Waals surface area contributed by atoms with Crippen molar-refractivity contribution in [2.45, 2.75) is 13.5 Å². The summed E-state index contributed by atoms with van der Waals surface area (Å²) in [4.78, 5) is 24.5. The van der Waals surface area contributed by atoms with Crippen LogP contribution >= 0.6 is 0 Å². The van der Waals surface area contributed by atoms with Gasteiger partial charge in [-0.05, 0) is 12.5 Å². The highest BCUT2D eigenvalue weighted by atomic mass is 16.5. The highest BCUT2D eigenvalue weighted by Crippen LogP contribution is 2.06. The molecule has 0 saturated heterocycles. The van der Waals surface area contributed by atoms with Crippen molar-refractivity contribution in [3.63, 3.8) is 0 Å². The van der Waals surface area contributed by atoms with E-state index in [0.29, 0.717) is 0 Å². The number of nitrogens with zero attached hydrogens (tertiary/aromatic N) is 1. The molecule has 0 fully saturated rings. The highest BCUT2D eigenvalue weighted by Gasteiger charge is 2.16. The summed E-state index contributed by atoms with van der Waals surface area (Å²) in [6.07, 6.45) is 1.08.